The minimum absolute atomic E-state index is 0.0307. The maximum absolute atomic E-state index is 12.6. The predicted molar refractivity (Wildman–Crippen MR) is 211 cm³/mol. The third-order valence-corrected chi connectivity index (χ3v) is 9.75. The van der Waals surface area contributed by atoms with Crippen LogP contribution in [0.1, 0.15) is 174 Å². The standard InChI is InChI=1S/C41H78NO8P/c1-6-8-10-12-14-16-18-20-21-22-24-25-27-29-31-33-40(43)47-37-39(38-49-51(45,46)48-36-35-42(3,4)5)50-41(44)34-32-30-28-26-23-19-17-15-13-11-9-7-2/h16,18,20-21,39H,6-15,17,19,22-38H2,1-5H3/p+1/b18-16+,21-20+/t39-/m1/s1. The fourth-order valence-corrected chi connectivity index (χ4v) is 6.22. The number of hydrogen-bond donors (Lipinski definition) is 1. The first-order valence-corrected chi connectivity index (χ1v) is 22.1. The van der Waals surface area contributed by atoms with Crippen molar-refractivity contribution in [2.75, 3.05) is 47.5 Å². The van der Waals surface area contributed by atoms with E-state index in [4.69, 9.17) is 18.5 Å². The van der Waals surface area contributed by atoms with Crippen LogP contribution < -0.4 is 0 Å². The topological polar surface area (TPSA) is 108 Å². The van der Waals surface area contributed by atoms with E-state index in [1.165, 1.54) is 83.5 Å². The fraction of sp³-hybridized carbons (Fsp3) is 0.854. The van der Waals surface area contributed by atoms with Gasteiger partial charge in [0.15, 0.2) is 6.10 Å². The minimum atomic E-state index is -4.37. The van der Waals surface area contributed by atoms with E-state index >= 15 is 0 Å². The zero-order valence-corrected chi connectivity index (χ0v) is 34.5. The number of allylic oxidation sites excluding steroid dienone is 4. The van der Waals surface area contributed by atoms with E-state index in [-0.39, 0.29) is 32.0 Å². The lowest BCUT2D eigenvalue weighted by molar-refractivity contribution is -0.870. The fourth-order valence-electron chi connectivity index (χ4n) is 5.47. The first-order valence-electron chi connectivity index (χ1n) is 20.6. The monoisotopic (exact) mass is 745 g/mol. The first kappa shape index (κ1) is 49.5. The van der Waals surface area contributed by atoms with E-state index in [9.17, 15) is 19.0 Å². The van der Waals surface area contributed by atoms with Gasteiger partial charge in [-0.25, -0.2) is 4.57 Å². The van der Waals surface area contributed by atoms with Crippen molar-refractivity contribution in [3.05, 3.63) is 24.3 Å². The smallest absolute Gasteiger partial charge is 0.462 e. The summed E-state index contributed by atoms with van der Waals surface area (Å²) in [5, 5.41) is 0. The number of carbonyl (C=O) groups is 2. The maximum atomic E-state index is 12.6. The van der Waals surface area contributed by atoms with Crippen LogP contribution in [-0.2, 0) is 32.7 Å². The van der Waals surface area contributed by atoms with Gasteiger partial charge in [0.05, 0.1) is 27.7 Å². The summed E-state index contributed by atoms with van der Waals surface area (Å²) in [6.07, 6.45) is 35.0. The SMILES string of the molecule is CCCCCC/C=C/C=C/CCCCCCCC(=O)OC[C@H](COP(=O)(O)OCC[N+](C)(C)C)OC(=O)CCCCCCCCCCCCCC. The van der Waals surface area contributed by atoms with Crippen LogP contribution in [0.3, 0.4) is 0 Å². The maximum Gasteiger partial charge on any atom is 0.472 e. The molecule has 300 valence electrons. The van der Waals surface area contributed by atoms with Crippen LogP contribution >= 0.6 is 7.82 Å². The Morgan fingerprint density at radius 1 is 0.608 bits per heavy atom. The van der Waals surface area contributed by atoms with Gasteiger partial charge in [-0.2, -0.15) is 0 Å². The molecule has 0 heterocycles. The molecule has 0 aromatic heterocycles. The van der Waals surface area contributed by atoms with Crippen molar-refractivity contribution in [2.24, 2.45) is 0 Å². The molecule has 9 nitrogen and oxygen atoms in total. The summed E-state index contributed by atoms with van der Waals surface area (Å²) in [4.78, 5) is 35.2. The predicted octanol–water partition coefficient (Wildman–Crippen LogP) is 11.2. The molecule has 0 radical (unpaired) electrons. The number of likely N-dealkylation sites (N-methyl/N-ethyl adjacent to an activating group) is 1. The van der Waals surface area contributed by atoms with Crippen molar-refractivity contribution in [3.63, 3.8) is 0 Å². The highest BCUT2D eigenvalue weighted by Gasteiger charge is 2.27. The number of rotatable bonds is 37. The second kappa shape index (κ2) is 34.3. The molecule has 1 unspecified atom stereocenters. The highest BCUT2D eigenvalue weighted by atomic mass is 31.2. The molecule has 0 aliphatic rings. The molecule has 0 spiro atoms. The molecule has 0 saturated carbocycles. The number of unbranched alkanes of at least 4 members (excludes halogenated alkanes) is 20. The lowest BCUT2D eigenvalue weighted by Gasteiger charge is -2.24. The Kier molecular flexibility index (Phi) is 33.3. The summed E-state index contributed by atoms with van der Waals surface area (Å²) in [7, 11) is 1.47. The van der Waals surface area contributed by atoms with Gasteiger partial charge in [0, 0.05) is 12.8 Å². The normalized spacial score (nSPS) is 13.9. The molecule has 0 aliphatic carbocycles. The van der Waals surface area contributed by atoms with Gasteiger partial charge in [-0.05, 0) is 38.5 Å². The van der Waals surface area contributed by atoms with Gasteiger partial charge < -0.3 is 18.9 Å². The Labute approximate surface area is 313 Å². The number of phosphoric ester groups is 1. The van der Waals surface area contributed by atoms with Crippen molar-refractivity contribution in [1.82, 2.24) is 0 Å². The molecule has 10 heteroatoms. The van der Waals surface area contributed by atoms with Crippen molar-refractivity contribution in [2.45, 2.75) is 180 Å². The van der Waals surface area contributed by atoms with E-state index < -0.39 is 26.5 Å². The number of quaternary nitrogens is 1. The highest BCUT2D eigenvalue weighted by molar-refractivity contribution is 7.47. The molecule has 0 rings (SSSR count). The van der Waals surface area contributed by atoms with Crippen molar-refractivity contribution < 1.29 is 42.1 Å². The molecular weight excluding hydrogens is 665 g/mol. The molecule has 1 N–H and O–H groups in total. The molecule has 0 fully saturated rings. The van der Waals surface area contributed by atoms with Crippen LogP contribution in [0.15, 0.2) is 24.3 Å². The zero-order valence-electron chi connectivity index (χ0n) is 33.6. The van der Waals surface area contributed by atoms with Gasteiger partial charge in [-0.15, -0.1) is 0 Å². The Bertz CT molecular complexity index is 933. The van der Waals surface area contributed by atoms with E-state index in [1.54, 1.807) is 0 Å². The van der Waals surface area contributed by atoms with E-state index in [1.807, 2.05) is 21.1 Å². The van der Waals surface area contributed by atoms with Crippen LogP contribution in [0, 0.1) is 0 Å². The lowest BCUT2D eigenvalue weighted by Crippen LogP contribution is -2.37. The molecular formula is C41H79NO8P+. The number of carbonyl (C=O) groups excluding carboxylic acids is 2. The third kappa shape index (κ3) is 38.0. The Balaban J connectivity index is 4.41. The van der Waals surface area contributed by atoms with E-state index in [0.717, 1.165) is 57.8 Å². The average Bonchev–Trinajstić information content (AvgIpc) is 3.07. The molecule has 0 aromatic carbocycles. The van der Waals surface area contributed by atoms with Crippen LogP contribution in [0.25, 0.3) is 0 Å². The largest absolute Gasteiger partial charge is 0.472 e. The van der Waals surface area contributed by atoms with Crippen molar-refractivity contribution in [1.29, 1.82) is 0 Å². The van der Waals surface area contributed by atoms with Crippen molar-refractivity contribution in [3.8, 4) is 0 Å². The number of ether oxygens (including phenoxy) is 2. The van der Waals surface area contributed by atoms with Gasteiger partial charge >= 0.3 is 19.8 Å². The highest BCUT2D eigenvalue weighted by Crippen LogP contribution is 2.43. The minimum Gasteiger partial charge on any atom is -0.462 e. The summed E-state index contributed by atoms with van der Waals surface area (Å²) >= 11 is 0. The number of nitrogens with zero attached hydrogens (tertiary/aromatic N) is 1. The summed E-state index contributed by atoms with van der Waals surface area (Å²) < 4.78 is 34.2. The van der Waals surface area contributed by atoms with Crippen LogP contribution in [0.2, 0.25) is 0 Å². The summed E-state index contributed by atoms with van der Waals surface area (Å²) in [5.41, 5.74) is 0. The van der Waals surface area contributed by atoms with Gasteiger partial charge in [-0.3, -0.25) is 18.6 Å². The van der Waals surface area contributed by atoms with Crippen molar-refractivity contribution >= 4 is 19.8 Å². The summed E-state index contributed by atoms with van der Waals surface area (Å²) in [6.45, 7) is 4.38. The molecule has 51 heavy (non-hydrogen) atoms. The Morgan fingerprint density at radius 3 is 1.53 bits per heavy atom. The second-order valence-electron chi connectivity index (χ2n) is 15.1. The summed E-state index contributed by atoms with van der Waals surface area (Å²) in [5.74, 6) is -0.813. The van der Waals surface area contributed by atoms with Crippen LogP contribution in [0.5, 0.6) is 0 Å². The van der Waals surface area contributed by atoms with Crippen LogP contribution in [-0.4, -0.2) is 74.9 Å². The number of hydrogen-bond acceptors (Lipinski definition) is 7. The Hall–Kier alpha value is -1.51. The molecule has 0 saturated heterocycles. The average molecular weight is 745 g/mol. The molecule has 0 bridgehead atoms. The van der Waals surface area contributed by atoms with E-state index in [0.29, 0.717) is 17.4 Å². The van der Waals surface area contributed by atoms with Crippen LogP contribution in [0.4, 0.5) is 0 Å². The van der Waals surface area contributed by atoms with Gasteiger partial charge in [0.25, 0.3) is 0 Å². The molecule has 0 aliphatic heterocycles. The third-order valence-electron chi connectivity index (χ3n) is 8.76. The molecule has 0 amide bonds. The molecule has 0 aromatic rings. The first-order chi connectivity index (χ1) is 24.5. The Morgan fingerprint density at radius 2 is 1.04 bits per heavy atom. The van der Waals surface area contributed by atoms with E-state index in [2.05, 4.69) is 38.2 Å². The van der Waals surface area contributed by atoms with Gasteiger partial charge in [0.1, 0.15) is 19.8 Å². The number of esters is 2. The zero-order chi connectivity index (χ0) is 37.9. The summed E-state index contributed by atoms with van der Waals surface area (Å²) in [6, 6.07) is 0. The lowest BCUT2D eigenvalue weighted by atomic mass is 10.0. The molecule has 2 atom stereocenters. The van der Waals surface area contributed by atoms with Gasteiger partial charge in [0.2, 0.25) is 0 Å². The van der Waals surface area contributed by atoms with Gasteiger partial charge in [-0.1, -0.05) is 147 Å². The number of phosphoric acid groups is 1. The second-order valence-corrected chi connectivity index (χ2v) is 16.5. The quantitative estimate of drug-likeness (QED) is 0.0220.